The van der Waals surface area contributed by atoms with Crippen LogP contribution in [-0.2, 0) is 22.6 Å². The van der Waals surface area contributed by atoms with Crippen LogP contribution in [0.25, 0.3) is 0 Å². The molecule has 1 unspecified atom stereocenters. The van der Waals surface area contributed by atoms with Crippen molar-refractivity contribution in [2.45, 2.75) is 31.8 Å². The number of hydrogen-bond donors (Lipinski definition) is 0. The summed E-state index contributed by atoms with van der Waals surface area (Å²) in [6.45, 7) is 2.22. The second kappa shape index (κ2) is 8.22. The van der Waals surface area contributed by atoms with Crippen LogP contribution in [0, 0.1) is 0 Å². The van der Waals surface area contributed by atoms with Gasteiger partial charge in [0.15, 0.2) is 11.5 Å². The summed E-state index contributed by atoms with van der Waals surface area (Å²) >= 11 is 1.57. The summed E-state index contributed by atoms with van der Waals surface area (Å²) in [5.74, 6) is 1.49. The van der Waals surface area contributed by atoms with Crippen LogP contribution < -0.4 is 9.47 Å². The van der Waals surface area contributed by atoms with E-state index in [4.69, 9.17) is 9.47 Å². The molecule has 0 radical (unpaired) electrons. The van der Waals surface area contributed by atoms with Crippen LogP contribution in [0.2, 0.25) is 0 Å². The molecule has 28 heavy (non-hydrogen) atoms. The zero-order chi connectivity index (χ0) is 19.5. The number of benzene rings is 1. The number of carbonyl (C=O) groups is 2. The highest BCUT2D eigenvalue weighted by molar-refractivity contribution is 7.10. The first kappa shape index (κ1) is 18.8. The van der Waals surface area contributed by atoms with Crippen molar-refractivity contribution in [1.29, 1.82) is 0 Å². The molecular formula is C21H24N2O4S. The lowest BCUT2D eigenvalue weighted by Crippen LogP contribution is -2.46. The molecule has 148 valence electrons. The topological polar surface area (TPSA) is 59.1 Å². The quantitative estimate of drug-likeness (QED) is 0.774. The van der Waals surface area contributed by atoms with E-state index < -0.39 is 0 Å². The van der Waals surface area contributed by atoms with E-state index in [1.54, 1.807) is 28.2 Å². The number of likely N-dealkylation sites (N-methyl/N-ethyl adjacent to an activating group) is 1. The number of thiophene rings is 1. The Morgan fingerprint density at radius 1 is 1.21 bits per heavy atom. The second-order valence-electron chi connectivity index (χ2n) is 7.17. The van der Waals surface area contributed by atoms with E-state index in [1.807, 2.05) is 35.7 Å². The Morgan fingerprint density at radius 3 is 2.82 bits per heavy atom. The number of carbonyl (C=O) groups excluding carboxylic acids is 2. The number of likely N-dealkylation sites (tertiary alicyclic amines) is 1. The van der Waals surface area contributed by atoms with Gasteiger partial charge in [0.2, 0.25) is 11.8 Å². The summed E-state index contributed by atoms with van der Waals surface area (Å²) < 4.78 is 11.2. The minimum Gasteiger partial charge on any atom is -0.486 e. The summed E-state index contributed by atoms with van der Waals surface area (Å²) in [5, 5.41) is 1.97. The second-order valence-corrected chi connectivity index (χ2v) is 8.21. The summed E-state index contributed by atoms with van der Waals surface area (Å²) in [5.41, 5.74) is 0.981. The van der Waals surface area contributed by atoms with Crippen molar-refractivity contribution >= 4 is 23.2 Å². The summed E-state index contributed by atoms with van der Waals surface area (Å²) in [7, 11) is 1.79. The van der Waals surface area contributed by atoms with Gasteiger partial charge in [0.05, 0.1) is 6.42 Å². The first-order valence-corrected chi connectivity index (χ1v) is 10.4. The van der Waals surface area contributed by atoms with E-state index >= 15 is 0 Å². The molecule has 0 aliphatic carbocycles. The first-order valence-electron chi connectivity index (χ1n) is 9.57. The summed E-state index contributed by atoms with van der Waals surface area (Å²) in [6.07, 6.45) is 1.96. The van der Waals surface area contributed by atoms with Crippen molar-refractivity contribution in [1.82, 2.24) is 9.80 Å². The fraction of sp³-hybridized carbons (Fsp3) is 0.429. The van der Waals surface area contributed by atoms with E-state index in [-0.39, 0.29) is 17.9 Å². The molecule has 2 amide bonds. The predicted molar refractivity (Wildman–Crippen MR) is 107 cm³/mol. The van der Waals surface area contributed by atoms with Gasteiger partial charge in [-0.25, -0.2) is 0 Å². The van der Waals surface area contributed by atoms with E-state index in [9.17, 15) is 9.59 Å². The van der Waals surface area contributed by atoms with Gasteiger partial charge >= 0.3 is 0 Å². The van der Waals surface area contributed by atoms with Crippen molar-refractivity contribution < 1.29 is 19.1 Å². The molecule has 1 atom stereocenters. The van der Waals surface area contributed by atoms with Gasteiger partial charge in [0, 0.05) is 25.0 Å². The monoisotopic (exact) mass is 400 g/mol. The number of amides is 2. The van der Waals surface area contributed by atoms with E-state index in [0.717, 1.165) is 34.8 Å². The van der Waals surface area contributed by atoms with Gasteiger partial charge in [-0.2, -0.15) is 0 Å². The number of rotatable bonds is 5. The van der Waals surface area contributed by atoms with Crippen LogP contribution in [0.3, 0.4) is 0 Å². The van der Waals surface area contributed by atoms with Gasteiger partial charge in [0.25, 0.3) is 0 Å². The Morgan fingerprint density at radius 2 is 2.04 bits per heavy atom. The highest BCUT2D eigenvalue weighted by Crippen LogP contribution is 2.31. The highest BCUT2D eigenvalue weighted by Gasteiger charge is 2.35. The molecule has 3 heterocycles. The Balaban J connectivity index is 1.40. The highest BCUT2D eigenvalue weighted by atomic mass is 32.1. The fourth-order valence-electron chi connectivity index (χ4n) is 3.78. The molecule has 2 aliphatic heterocycles. The largest absolute Gasteiger partial charge is 0.486 e. The van der Waals surface area contributed by atoms with Crippen LogP contribution in [-0.4, -0.2) is 54.5 Å². The minimum atomic E-state index is -0.366. The van der Waals surface area contributed by atoms with Gasteiger partial charge in [-0.1, -0.05) is 12.1 Å². The number of hydrogen-bond acceptors (Lipinski definition) is 5. The van der Waals surface area contributed by atoms with Crippen LogP contribution in [0.1, 0.15) is 23.3 Å². The Hall–Kier alpha value is -2.54. The third-order valence-corrected chi connectivity index (χ3v) is 6.04. The third-order valence-electron chi connectivity index (χ3n) is 5.17. The number of fused-ring (bicyclic) bond motifs is 1. The standard InChI is InChI=1S/C21H24N2O4S/c1-22(14-15-6-7-18-19(12-15)27-10-9-26-18)21(25)17-5-2-8-23(17)20(24)13-16-4-3-11-28-16/h3-4,6-7,11-12,17H,2,5,8-10,13-14H2,1H3. The molecule has 6 nitrogen and oxygen atoms in total. The molecule has 7 heteroatoms. The Labute approximate surface area is 168 Å². The molecule has 1 fully saturated rings. The van der Waals surface area contributed by atoms with Gasteiger partial charge in [0.1, 0.15) is 19.3 Å². The molecule has 0 bridgehead atoms. The molecule has 1 aromatic heterocycles. The molecule has 2 aliphatic rings. The lowest BCUT2D eigenvalue weighted by molar-refractivity contribution is -0.143. The Kier molecular flexibility index (Phi) is 5.52. The maximum Gasteiger partial charge on any atom is 0.245 e. The molecule has 2 aromatic rings. The van der Waals surface area contributed by atoms with Crippen molar-refractivity contribution in [2.24, 2.45) is 0 Å². The van der Waals surface area contributed by atoms with E-state index in [2.05, 4.69) is 0 Å². The molecule has 0 N–H and O–H groups in total. The average Bonchev–Trinajstić information content (AvgIpc) is 3.39. The van der Waals surface area contributed by atoms with Crippen LogP contribution >= 0.6 is 11.3 Å². The van der Waals surface area contributed by atoms with Crippen molar-refractivity contribution in [3.63, 3.8) is 0 Å². The fourth-order valence-corrected chi connectivity index (χ4v) is 4.47. The molecule has 4 rings (SSSR count). The van der Waals surface area contributed by atoms with Crippen LogP contribution in [0.5, 0.6) is 11.5 Å². The average molecular weight is 401 g/mol. The summed E-state index contributed by atoms with van der Waals surface area (Å²) in [6, 6.07) is 9.30. The lowest BCUT2D eigenvalue weighted by Gasteiger charge is -2.28. The van der Waals surface area contributed by atoms with Crippen LogP contribution in [0.15, 0.2) is 35.7 Å². The normalized spacial score (nSPS) is 18.2. The zero-order valence-corrected chi connectivity index (χ0v) is 16.7. The number of nitrogens with zero attached hydrogens (tertiary/aromatic N) is 2. The minimum absolute atomic E-state index is 0.00748. The van der Waals surface area contributed by atoms with E-state index in [1.165, 1.54) is 0 Å². The van der Waals surface area contributed by atoms with Crippen molar-refractivity contribution in [3.05, 3.63) is 46.2 Å². The lowest BCUT2D eigenvalue weighted by atomic mass is 10.1. The SMILES string of the molecule is CN(Cc1ccc2c(c1)OCCO2)C(=O)C1CCCN1C(=O)Cc1cccs1. The smallest absolute Gasteiger partial charge is 0.245 e. The molecule has 1 aromatic carbocycles. The predicted octanol–water partition coefficient (Wildman–Crippen LogP) is 2.71. The molecule has 0 saturated carbocycles. The molecular weight excluding hydrogens is 376 g/mol. The maximum absolute atomic E-state index is 13.0. The summed E-state index contributed by atoms with van der Waals surface area (Å²) in [4.78, 5) is 30.2. The van der Waals surface area contributed by atoms with Gasteiger partial charge in [-0.3, -0.25) is 9.59 Å². The molecule has 0 spiro atoms. The van der Waals surface area contributed by atoms with Crippen molar-refractivity contribution in [2.75, 3.05) is 26.8 Å². The Bertz CT molecular complexity index is 852. The first-order chi connectivity index (χ1) is 13.6. The van der Waals surface area contributed by atoms with Gasteiger partial charge in [-0.05, 0) is 42.0 Å². The number of ether oxygens (including phenoxy) is 2. The van der Waals surface area contributed by atoms with Gasteiger partial charge in [-0.15, -0.1) is 11.3 Å². The zero-order valence-electron chi connectivity index (χ0n) is 15.9. The van der Waals surface area contributed by atoms with Crippen molar-refractivity contribution in [3.8, 4) is 11.5 Å². The van der Waals surface area contributed by atoms with Gasteiger partial charge < -0.3 is 19.3 Å². The van der Waals surface area contributed by atoms with Crippen LogP contribution in [0.4, 0.5) is 0 Å². The third kappa shape index (κ3) is 3.99. The molecule has 1 saturated heterocycles. The van der Waals surface area contributed by atoms with E-state index in [0.29, 0.717) is 32.7 Å². The maximum atomic E-state index is 13.0.